The third kappa shape index (κ3) is 4.07. The van der Waals surface area contributed by atoms with Gasteiger partial charge in [0.15, 0.2) is 11.6 Å². The normalized spacial score (nSPS) is 10.9. The van der Waals surface area contributed by atoms with Gasteiger partial charge in [-0.1, -0.05) is 18.2 Å². The zero-order chi connectivity index (χ0) is 17.7. The Bertz CT molecular complexity index is 942. The summed E-state index contributed by atoms with van der Waals surface area (Å²) in [6.45, 7) is 0. The Kier molecular flexibility index (Phi) is 4.85. The molecule has 0 aliphatic rings. The lowest BCUT2D eigenvalue weighted by Crippen LogP contribution is -2.11. The number of anilines is 2. The van der Waals surface area contributed by atoms with Crippen molar-refractivity contribution in [3.05, 3.63) is 72.9 Å². The van der Waals surface area contributed by atoms with E-state index in [0.29, 0.717) is 11.6 Å². The minimum Gasteiger partial charge on any atom is -0.497 e. The van der Waals surface area contributed by atoms with E-state index in [1.54, 1.807) is 30.5 Å². The number of para-hydroxylation sites is 1. The first-order chi connectivity index (χ1) is 12.1. The molecule has 6 nitrogen and oxygen atoms in total. The number of benzene rings is 2. The molecule has 0 aliphatic carbocycles. The number of aromatic nitrogens is 1. The Morgan fingerprint density at radius 1 is 0.920 bits per heavy atom. The number of ether oxygens (including phenoxy) is 1. The molecule has 0 unspecified atom stereocenters. The second kappa shape index (κ2) is 7.23. The molecule has 0 bridgehead atoms. The van der Waals surface area contributed by atoms with Crippen molar-refractivity contribution < 1.29 is 17.3 Å². The molecule has 128 valence electrons. The fourth-order valence-corrected chi connectivity index (χ4v) is 3.06. The largest absolute Gasteiger partial charge is 0.497 e. The molecule has 2 aromatic carbocycles. The molecule has 0 spiro atoms. The number of methoxy groups -OCH3 is 1. The Morgan fingerprint density at radius 2 is 1.64 bits per heavy atom. The molecule has 1 heterocycles. The van der Waals surface area contributed by atoms with Crippen LogP contribution in [0, 0.1) is 0 Å². The minimum atomic E-state index is -3.99. The highest BCUT2D eigenvalue weighted by atomic mass is 32.2. The topological polar surface area (TPSA) is 77.5 Å². The molecule has 3 aromatic rings. The van der Waals surface area contributed by atoms with Crippen LogP contribution >= 0.6 is 0 Å². The van der Waals surface area contributed by atoms with Gasteiger partial charge < -0.3 is 14.2 Å². The van der Waals surface area contributed by atoms with Crippen LogP contribution in [0.25, 0.3) is 0 Å². The molecule has 0 fully saturated rings. The molecule has 0 saturated carbocycles. The molecule has 1 aromatic heterocycles. The molecule has 0 saturated heterocycles. The third-order valence-corrected chi connectivity index (χ3v) is 4.60. The Balaban J connectivity index is 1.86. The minimum absolute atomic E-state index is 0.0304. The van der Waals surface area contributed by atoms with E-state index >= 15 is 0 Å². The Hall–Kier alpha value is -3.06. The van der Waals surface area contributed by atoms with Gasteiger partial charge in [-0.25, -0.2) is 4.98 Å². The summed E-state index contributed by atoms with van der Waals surface area (Å²) in [5.74, 6) is 0.986. The summed E-state index contributed by atoms with van der Waals surface area (Å²) < 4.78 is 35.3. The van der Waals surface area contributed by atoms with Crippen molar-refractivity contribution in [3.8, 4) is 11.5 Å². The van der Waals surface area contributed by atoms with Crippen LogP contribution in [0.4, 0.5) is 11.5 Å². The number of nitrogens with one attached hydrogen (secondary N) is 1. The second-order valence-electron chi connectivity index (χ2n) is 5.05. The van der Waals surface area contributed by atoms with E-state index in [1.165, 1.54) is 19.2 Å². The van der Waals surface area contributed by atoms with Gasteiger partial charge in [0, 0.05) is 11.9 Å². The van der Waals surface area contributed by atoms with Crippen LogP contribution in [0.1, 0.15) is 0 Å². The van der Waals surface area contributed by atoms with Gasteiger partial charge in [-0.3, -0.25) is 0 Å². The molecule has 0 amide bonds. The van der Waals surface area contributed by atoms with Gasteiger partial charge in [0.05, 0.1) is 7.11 Å². The number of nitrogens with zero attached hydrogens (tertiary/aromatic N) is 1. The summed E-state index contributed by atoms with van der Waals surface area (Å²) in [4.78, 5) is 4.19. The monoisotopic (exact) mass is 356 g/mol. The van der Waals surface area contributed by atoms with Gasteiger partial charge in [0.25, 0.3) is 0 Å². The molecule has 1 N–H and O–H groups in total. The first-order valence-electron chi connectivity index (χ1n) is 7.44. The van der Waals surface area contributed by atoms with E-state index in [0.717, 1.165) is 5.69 Å². The van der Waals surface area contributed by atoms with Gasteiger partial charge in [-0.05, 0) is 48.5 Å². The standard InChI is InChI=1S/C18H16N2O4S/c1-23-15-9-11-16(12-10-15)25(21,22)24-17-8-5-13-19-18(17)20-14-6-3-2-4-7-14/h2-13H,1H3,(H,19,20). The van der Waals surface area contributed by atoms with Crippen LogP contribution in [0.15, 0.2) is 77.8 Å². The summed E-state index contributed by atoms with van der Waals surface area (Å²) in [5, 5.41) is 3.04. The molecular weight excluding hydrogens is 340 g/mol. The molecular formula is C18H16N2O4S. The molecule has 7 heteroatoms. The summed E-state index contributed by atoms with van der Waals surface area (Å²) in [7, 11) is -2.48. The fraction of sp³-hybridized carbons (Fsp3) is 0.0556. The second-order valence-corrected chi connectivity index (χ2v) is 6.60. The lowest BCUT2D eigenvalue weighted by Gasteiger charge is -2.12. The van der Waals surface area contributed by atoms with Crippen LogP contribution in [-0.4, -0.2) is 20.5 Å². The maximum absolute atomic E-state index is 12.5. The van der Waals surface area contributed by atoms with Crippen molar-refractivity contribution >= 4 is 21.6 Å². The maximum atomic E-state index is 12.5. The maximum Gasteiger partial charge on any atom is 0.339 e. The number of hydrogen-bond donors (Lipinski definition) is 1. The Labute approximate surface area is 146 Å². The number of rotatable bonds is 6. The lowest BCUT2D eigenvalue weighted by atomic mass is 10.3. The van der Waals surface area contributed by atoms with Crippen molar-refractivity contribution in [1.29, 1.82) is 0 Å². The molecule has 0 radical (unpaired) electrons. The van der Waals surface area contributed by atoms with E-state index in [2.05, 4.69) is 10.3 Å². The van der Waals surface area contributed by atoms with E-state index in [9.17, 15) is 8.42 Å². The third-order valence-electron chi connectivity index (χ3n) is 3.35. The van der Waals surface area contributed by atoms with Gasteiger partial charge >= 0.3 is 10.1 Å². The van der Waals surface area contributed by atoms with Crippen molar-refractivity contribution in [1.82, 2.24) is 4.98 Å². The summed E-state index contributed by atoms with van der Waals surface area (Å²) in [6.07, 6.45) is 1.55. The van der Waals surface area contributed by atoms with Gasteiger partial charge in [-0.2, -0.15) is 8.42 Å². The highest BCUT2D eigenvalue weighted by molar-refractivity contribution is 7.87. The SMILES string of the molecule is COc1ccc(S(=O)(=O)Oc2cccnc2Nc2ccccc2)cc1. The van der Waals surface area contributed by atoms with Crippen LogP contribution in [0.2, 0.25) is 0 Å². The average Bonchev–Trinajstić information content (AvgIpc) is 2.64. The smallest absolute Gasteiger partial charge is 0.339 e. The predicted octanol–water partition coefficient (Wildman–Crippen LogP) is 3.60. The quantitative estimate of drug-likeness (QED) is 0.680. The Morgan fingerprint density at radius 3 is 2.32 bits per heavy atom. The predicted molar refractivity (Wildman–Crippen MR) is 94.8 cm³/mol. The zero-order valence-electron chi connectivity index (χ0n) is 13.4. The van der Waals surface area contributed by atoms with Crippen LogP contribution in [0.5, 0.6) is 11.5 Å². The van der Waals surface area contributed by atoms with E-state index in [-0.39, 0.29) is 10.6 Å². The molecule has 0 aliphatic heterocycles. The fourth-order valence-electron chi connectivity index (χ4n) is 2.12. The van der Waals surface area contributed by atoms with Crippen LogP contribution in [0.3, 0.4) is 0 Å². The number of pyridine rings is 1. The van der Waals surface area contributed by atoms with Gasteiger partial charge in [0.1, 0.15) is 10.6 Å². The number of hydrogen-bond acceptors (Lipinski definition) is 6. The highest BCUT2D eigenvalue weighted by Crippen LogP contribution is 2.28. The lowest BCUT2D eigenvalue weighted by molar-refractivity contribution is 0.414. The molecule has 3 rings (SSSR count). The van der Waals surface area contributed by atoms with Crippen molar-refractivity contribution in [2.45, 2.75) is 4.90 Å². The first kappa shape index (κ1) is 16.8. The van der Waals surface area contributed by atoms with E-state index < -0.39 is 10.1 Å². The highest BCUT2D eigenvalue weighted by Gasteiger charge is 2.19. The first-order valence-corrected chi connectivity index (χ1v) is 8.85. The van der Waals surface area contributed by atoms with E-state index in [4.69, 9.17) is 8.92 Å². The van der Waals surface area contributed by atoms with Crippen molar-refractivity contribution in [2.75, 3.05) is 12.4 Å². The molecule has 25 heavy (non-hydrogen) atoms. The van der Waals surface area contributed by atoms with Crippen LogP contribution in [-0.2, 0) is 10.1 Å². The zero-order valence-corrected chi connectivity index (χ0v) is 14.2. The van der Waals surface area contributed by atoms with Crippen LogP contribution < -0.4 is 14.2 Å². The van der Waals surface area contributed by atoms with Crippen molar-refractivity contribution in [3.63, 3.8) is 0 Å². The molecule has 0 atom stereocenters. The van der Waals surface area contributed by atoms with Crippen molar-refractivity contribution in [2.24, 2.45) is 0 Å². The summed E-state index contributed by atoms with van der Waals surface area (Å²) in [6, 6.07) is 18.4. The van der Waals surface area contributed by atoms with E-state index in [1.807, 2.05) is 30.3 Å². The summed E-state index contributed by atoms with van der Waals surface area (Å²) in [5.41, 5.74) is 0.771. The average molecular weight is 356 g/mol. The van der Waals surface area contributed by atoms with Gasteiger partial charge in [0.2, 0.25) is 0 Å². The summed E-state index contributed by atoms with van der Waals surface area (Å²) >= 11 is 0. The van der Waals surface area contributed by atoms with Gasteiger partial charge in [-0.15, -0.1) is 0 Å².